The predicted octanol–water partition coefficient (Wildman–Crippen LogP) is 8.74. The second-order valence-corrected chi connectivity index (χ2v) is 23.5. The van der Waals surface area contributed by atoms with Gasteiger partial charge in [0.05, 0.1) is 0 Å². The monoisotopic (exact) mass is 527 g/mol. The van der Waals surface area contributed by atoms with Crippen molar-refractivity contribution in [1.29, 1.82) is 0 Å². The molecule has 0 amide bonds. The molecule has 2 heteroatoms. The third-order valence-electron chi connectivity index (χ3n) is 7.72. The molecule has 1 unspecified atom stereocenters. The Bertz CT molecular complexity index is 737. The summed E-state index contributed by atoms with van der Waals surface area (Å²) in [5, 5.41) is 0. The number of nitrogens with zero attached hydrogens (tertiary/aromatic N) is 1. The van der Waals surface area contributed by atoms with Gasteiger partial charge in [-0.05, 0) is 0 Å². The van der Waals surface area contributed by atoms with Gasteiger partial charge in [-0.3, -0.25) is 0 Å². The molecule has 3 atom stereocenters. The summed E-state index contributed by atoms with van der Waals surface area (Å²) in [5.74, 6) is 0. The summed E-state index contributed by atoms with van der Waals surface area (Å²) in [5.41, 5.74) is 3.21. The van der Waals surface area contributed by atoms with Gasteiger partial charge in [-0.1, -0.05) is 0 Å². The first-order valence-electron chi connectivity index (χ1n) is 13.1. The zero-order valence-electron chi connectivity index (χ0n) is 20.6. The molecule has 1 aliphatic rings. The minimum atomic E-state index is -2.65. The van der Waals surface area contributed by atoms with Crippen LogP contribution in [0.25, 0.3) is 0 Å². The van der Waals surface area contributed by atoms with E-state index in [0.717, 1.165) is 0 Å². The first-order valence-corrected chi connectivity index (χ1v) is 20.6. The van der Waals surface area contributed by atoms with Crippen molar-refractivity contribution in [3.63, 3.8) is 0 Å². The van der Waals surface area contributed by atoms with E-state index in [1.165, 1.54) is 51.5 Å². The van der Waals surface area contributed by atoms with Crippen LogP contribution in [0.15, 0.2) is 60.7 Å². The summed E-state index contributed by atoms with van der Waals surface area (Å²) in [7, 11) is 0. The van der Waals surface area contributed by atoms with E-state index in [2.05, 4.69) is 93.3 Å². The quantitative estimate of drug-likeness (QED) is 0.176. The van der Waals surface area contributed by atoms with Gasteiger partial charge in [0.2, 0.25) is 0 Å². The average Bonchev–Trinajstić information content (AvgIpc) is 3.50. The van der Waals surface area contributed by atoms with Crippen LogP contribution >= 0.6 is 0 Å². The van der Waals surface area contributed by atoms with E-state index in [4.69, 9.17) is 0 Å². The zero-order chi connectivity index (χ0) is 22.2. The zero-order valence-corrected chi connectivity index (χ0v) is 23.4. The molecule has 0 N–H and O–H groups in total. The average molecular weight is 526 g/mol. The molecule has 1 nitrogen and oxygen atoms in total. The minimum absolute atomic E-state index is 0.340. The van der Waals surface area contributed by atoms with Gasteiger partial charge in [-0.2, -0.15) is 0 Å². The second-order valence-electron chi connectivity index (χ2n) is 9.73. The van der Waals surface area contributed by atoms with E-state index < -0.39 is 18.4 Å². The van der Waals surface area contributed by atoms with Crippen molar-refractivity contribution >= 4 is 18.4 Å². The SMILES string of the molecule is CCC[CH2][Sn]([CH2]CCC)([CH2]CCC)[C@@]1(c2ccccc2)[C@H](c2ccccc2)N1CCC. The molecule has 1 fully saturated rings. The molecule has 2 aromatic carbocycles. The molecule has 1 aliphatic heterocycles. The van der Waals surface area contributed by atoms with E-state index >= 15 is 0 Å². The Hall–Kier alpha value is -0.801. The van der Waals surface area contributed by atoms with Crippen molar-refractivity contribution in [3.8, 4) is 0 Å². The summed E-state index contributed by atoms with van der Waals surface area (Å²) in [6, 6.07) is 23.9. The van der Waals surface area contributed by atoms with Crippen LogP contribution in [0.4, 0.5) is 0 Å². The van der Waals surface area contributed by atoms with Crippen molar-refractivity contribution in [2.75, 3.05) is 6.54 Å². The van der Waals surface area contributed by atoms with Crippen LogP contribution in [0, 0.1) is 0 Å². The van der Waals surface area contributed by atoms with Gasteiger partial charge in [0.25, 0.3) is 0 Å². The number of unbranched alkanes of at least 4 members (excludes halogenated alkanes) is 3. The number of rotatable bonds is 14. The molecule has 3 rings (SSSR count). The predicted molar refractivity (Wildman–Crippen MR) is 139 cm³/mol. The molecule has 0 aromatic heterocycles. The van der Waals surface area contributed by atoms with Gasteiger partial charge in [0, 0.05) is 0 Å². The first kappa shape index (κ1) is 24.8. The topological polar surface area (TPSA) is 3.01 Å². The van der Waals surface area contributed by atoms with Gasteiger partial charge >= 0.3 is 197 Å². The van der Waals surface area contributed by atoms with Gasteiger partial charge in [0.15, 0.2) is 0 Å². The van der Waals surface area contributed by atoms with E-state index in [-0.39, 0.29) is 0 Å². The van der Waals surface area contributed by atoms with E-state index in [1.807, 2.05) is 0 Å². The Morgan fingerprint density at radius 3 is 1.61 bits per heavy atom. The molecule has 170 valence electrons. The summed E-state index contributed by atoms with van der Waals surface area (Å²) < 4.78 is 5.02. The van der Waals surface area contributed by atoms with Crippen molar-refractivity contribution in [3.05, 3.63) is 71.8 Å². The van der Waals surface area contributed by atoms with Crippen molar-refractivity contribution in [1.82, 2.24) is 4.90 Å². The van der Waals surface area contributed by atoms with Crippen LogP contribution in [0.5, 0.6) is 0 Å². The standard InChI is InChI=1S/C17H18N.3C4H9.Sn/c1-2-13-18-16(14-9-5-3-6-10-14)17(18)15-11-7-4-8-12-15;3*1-3-4-2;/h3-12,16H,2,13H2,1H3;3*1,3-4H2,2H3;/t16-,18?;;;;/m0..../s1. The fourth-order valence-corrected chi connectivity index (χ4v) is 27.6. The van der Waals surface area contributed by atoms with Crippen molar-refractivity contribution < 1.29 is 0 Å². The van der Waals surface area contributed by atoms with Crippen LogP contribution in [-0.2, 0) is 3.55 Å². The number of benzene rings is 2. The molecule has 0 radical (unpaired) electrons. The maximum absolute atomic E-state index is 2.98. The Balaban J connectivity index is 2.21. The second kappa shape index (κ2) is 11.9. The van der Waals surface area contributed by atoms with E-state index in [0.29, 0.717) is 9.60 Å². The summed E-state index contributed by atoms with van der Waals surface area (Å²) in [4.78, 5) is 2.98. The molecule has 1 heterocycles. The van der Waals surface area contributed by atoms with Gasteiger partial charge in [0.1, 0.15) is 0 Å². The first-order chi connectivity index (χ1) is 15.2. The van der Waals surface area contributed by atoms with Gasteiger partial charge in [-0.25, -0.2) is 0 Å². The molecule has 1 saturated heterocycles. The third-order valence-corrected chi connectivity index (χ3v) is 26.0. The molecule has 2 aromatic rings. The summed E-state index contributed by atoms with van der Waals surface area (Å²) >= 11 is -2.65. The van der Waals surface area contributed by atoms with Gasteiger partial charge < -0.3 is 0 Å². The fourth-order valence-electron chi connectivity index (χ4n) is 6.36. The molecule has 0 spiro atoms. The number of hydrogen-bond acceptors (Lipinski definition) is 1. The Morgan fingerprint density at radius 2 is 1.16 bits per heavy atom. The molecule has 31 heavy (non-hydrogen) atoms. The number of hydrogen-bond donors (Lipinski definition) is 0. The van der Waals surface area contributed by atoms with Crippen LogP contribution in [0.2, 0.25) is 13.3 Å². The third kappa shape index (κ3) is 4.93. The Labute approximate surface area is 196 Å². The molecule has 0 bridgehead atoms. The van der Waals surface area contributed by atoms with Gasteiger partial charge in [-0.15, -0.1) is 0 Å². The van der Waals surface area contributed by atoms with Crippen LogP contribution in [0.3, 0.4) is 0 Å². The van der Waals surface area contributed by atoms with E-state index in [1.54, 1.807) is 24.4 Å². The fraction of sp³-hybridized carbons (Fsp3) is 0.586. The van der Waals surface area contributed by atoms with E-state index in [9.17, 15) is 0 Å². The summed E-state index contributed by atoms with van der Waals surface area (Å²) in [6.45, 7) is 10.8. The normalized spacial score (nSPS) is 23.1. The van der Waals surface area contributed by atoms with Crippen molar-refractivity contribution in [2.45, 2.75) is 95.5 Å². The molecule has 0 aliphatic carbocycles. The van der Waals surface area contributed by atoms with Crippen LogP contribution in [0.1, 0.15) is 89.8 Å². The van der Waals surface area contributed by atoms with Crippen molar-refractivity contribution in [2.24, 2.45) is 0 Å². The Morgan fingerprint density at radius 1 is 0.677 bits per heavy atom. The van der Waals surface area contributed by atoms with Crippen LogP contribution in [-0.4, -0.2) is 29.8 Å². The maximum atomic E-state index is 2.98. The molecule has 0 saturated carbocycles. The summed E-state index contributed by atoms with van der Waals surface area (Å²) in [6.07, 6.45) is 9.55. The van der Waals surface area contributed by atoms with Crippen LogP contribution < -0.4 is 0 Å². The molecular formula is C29H45NSn. The Kier molecular flexibility index (Phi) is 9.52. The molecular weight excluding hydrogens is 481 g/mol.